The Labute approximate surface area is 102 Å². The van der Waals surface area contributed by atoms with Crippen LogP contribution in [0.5, 0.6) is 0 Å². The van der Waals surface area contributed by atoms with Crippen molar-refractivity contribution in [1.29, 1.82) is 0 Å². The summed E-state index contributed by atoms with van der Waals surface area (Å²) >= 11 is 0. The van der Waals surface area contributed by atoms with Gasteiger partial charge in [-0.25, -0.2) is 0 Å². The standard InChI is InChI=1S/C12H24O5/c1-10(2-5-13)8-11(3-6-14)17-12(9-16)4-7-15/h11-16H,1-9H2/t11-,12+/m0/s1. The molecule has 0 aliphatic heterocycles. The second-order valence-corrected chi connectivity index (χ2v) is 4.01. The maximum atomic E-state index is 9.05. The van der Waals surface area contributed by atoms with E-state index in [1.807, 2.05) is 0 Å². The third kappa shape index (κ3) is 8.29. The van der Waals surface area contributed by atoms with E-state index in [1.54, 1.807) is 0 Å². The first kappa shape index (κ1) is 16.5. The molecule has 0 spiro atoms. The van der Waals surface area contributed by atoms with Crippen molar-refractivity contribution in [1.82, 2.24) is 0 Å². The minimum Gasteiger partial charge on any atom is -0.396 e. The molecule has 0 rings (SSSR count). The molecule has 0 amide bonds. The maximum absolute atomic E-state index is 9.05. The predicted molar refractivity (Wildman–Crippen MR) is 64.6 cm³/mol. The van der Waals surface area contributed by atoms with E-state index in [0.717, 1.165) is 5.57 Å². The van der Waals surface area contributed by atoms with E-state index < -0.39 is 6.10 Å². The summed E-state index contributed by atoms with van der Waals surface area (Å²) in [5.41, 5.74) is 0.853. The van der Waals surface area contributed by atoms with Crippen LogP contribution in [0, 0.1) is 0 Å². The lowest BCUT2D eigenvalue weighted by Crippen LogP contribution is -2.27. The van der Waals surface area contributed by atoms with Crippen molar-refractivity contribution in [2.24, 2.45) is 0 Å². The van der Waals surface area contributed by atoms with Crippen molar-refractivity contribution < 1.29 is 25.2 Å². The fourth-order valence-electron chi connectivity index (χ4n) is 1.56. The summed E-state index contributed by atoms with van der Waals surface area (Å²) in [7, 11) is 0. The van der Waals surface area contributed by atoms with Crippen LogP contribution in [0.2, 0.25) is 0 Å². The van der Waals surface area contributed by atoms with Crippen LogP contribution < -0.4 is 0 Å². The lowest BCUT2D eigenvalue weighted by molar-refractivity contribution is -0.0559. The van der Waals surface area contributed by atoms with Gasteiger partial charge in [-0.15, -0.1) is 0 Å². The Hall–Kier alpha value is -0.460. The summed E-state index contributed by atoms with van der Waals surface area (Å²) in [6, 6.07) is 0. The molecule has 5 nitrogen and oxygen atoms in total. The van der Waals surface area contributed by atoms with Crippen LogP contribution in [0.25, 0.3) is 0 Å². The second-order valence-electron chi connectivity index (χ2n) is 4.01. The Bertz CT molecular complexity index is 195. The highest BCUT2D eigenvalue weighted by Gasteiger charge is 2.16. The van der Waals surface area contributed by atoms with Crippen molar-refractivity contribution in [3.63, 3.8) is 0 Å². The molecule has 4 N–H and O–H groups in total. The molecule has 0 aliphatic carbocycles. The van der Waals surface area contributed by atoms with Crippen molar-refractivity contribution >= 4 is 0 Å². The first-order valence-electron chi connectivity index (χ1n) is 5.93. The van der Waals surface area contributed by atoms with Gasteiger partial charge in [-0.1, -0.05) is 12.2 Å². The van der Waals surface area contributed by atoms with Gasteiger partial charge in [0.05, 0.1) is 18.8 Å². The van der Waals surface area contributed by atoms with E-state index in [9.17, 15) is 0 Å². The van der Waals surface area contributed by atoms with Crippen LogP contribution in [0.15, 0.2) is 12.2 Å². The van der Waals surface area contributed by atoms with Crippen molar-refractivity contribution in [3.8, 4) is 0 Å². The molecule has 0 bridgehead atoms. The highest BCUT2D eigenvalue weighted by Crippen LogP contribution is 2.15. The summed E-state index contributed by atoms with van der Waals surface area (Å²) in [6.45, 7) is 3.65. The van der Waals surface area contributed by atoms with Gasteiger partial charge < -0.3 is 25.2 Å². The number of aliphatic hydroxyl groups is 4. The molecule has 102 valence electrons. The van der Waals surface area contributed by atoms with E-state index in [2.05, 4.69) is 6.58 Å². The molecule has 0 saturated carbocycles. The molecule has 0 heterocycles. The highest BCUT2D eigenvalue weighted by atomic mass is 16.5. The zero-order valence-electron chi connectivity index (χ0n) is 10.2. The van der Waals surface area contributed by atoms with E-state index >= 15 is 0 Å². The molecule has 0 aromatic heterocycles. The Morgan fingerprint density at radius 2 is 1.53 bits per heavy atom. The van der Waals surface area contributed by atoms with Crippen molar-refractivity contribution in [2.45, 2.75) is 37.9 Å². The molecule has 0 aromatic carbocycles. The summed E-state index contributed by atoms with van der Waals surface area (Å²) in [4.78, 5) is 0. The van der Waals surface area contributed by atoms with E-state index in [4.69, 9.17) is 25.2 Å². The SMILES string of the molecule is C=C(CCO)C[C@H](CCO)O[C@@H](CO)CCO. The Balaban J connectivity index is 4.15. The third-order valence-electron chi connectivity index (χ3n) is 2.47. The fourth-order valence-corrected chi connectivity index (χ4v) is 1.56. The van der Waals surface area contributed by atoms with Gasteiger partial charge in [0.25, 0.3) is 0 Å². The normalized spacial score (nSPS) is 14.6. The largest absolute Gasteiger partial charge is 0.396 e. The summed E-state index contributed by atoms with van der Waals surface area (Å²) in [6.07, 6.45) is 1.22. The Morgan fingerprint density at radius 1 is 0.941 bits per heavy atom. The van der Waals surface area contributed by atoms with Gasteiger partial charge >= 0.3 is 0 Å². The first-order valence-corrected chi connectivity index (χ1v) is 5.93. The zero-order valence-corrected chi connectivity index (χ0v) is 10.2. The fraction of sp³-hybridized carbons (Fsp3) is 0.833. The maximum Gasteiger partial charge on any atom is 0.0831 e. The van der Waals surface area contributed by atoms with Crippen molar-refractivity contribution in [2.75, 3.05) is 26.4 Å². The summed E-state index contributed by atoms with van der Waals surface area (Å²) < 4.78 is 5.59. The van der Waals surface area contributed by atoms with E-state index in [1.165, 1.54) is 0 Å². The quantitative estimate of drug-likeness (QED) is 0.381. The average Bonchev–Trinajstić information content (AvgIpc) is 2.29. The predicted octanol–water partition coefficient (Wildman–Crippen LogP) is -0.174. The number of hydrogen-bond acceptors (Lipinski definition) is 5. The summed E-state index contributed by atoms with van der Waals surface area (Å²) in [5, 5.41) is 35.5. The molecule has 2 atom stereocenters. The van der Waals surface area contributed by atoms with Gasteiger partial charge in [-0.2, -0.15) is 0 Å². The smallest absolute Gasteiger partial charge is 0.0831 e. The number of aliphatic hydroxyl groups excluding tert-OH is 4. The molecule has 0 aromatic rings. The van der Waals surface area contributed by atoms with Gasteiger partial charge in [0.2, 0.25) is 0 Å². The van der Waals surface area contributed by atoms with Gasteiger partial charge in [-0.3, -0.25) is 0 Å². The monoisotopic (exact) mass is 248 g/mol. The van der Waals surface area contributed by atoms with Crippen LogP contribution in [0.1, 0.15) is 25.7 Å². The van der Waals surface area contributed by atoms with Crippen LogP contribution in [0.4, 0.5) is 0 Å². The molecular weight excluding hydrogens is 224 g/mol. The van der Waals surface area contributed by atoms with Crippen LogP contribution in [0.3, 0.4) is 0 Å². The van der Waals surface area contributed by atoms with E-state index in [0.29, 0.717) is 25.7 Å². The summed E-state index contributed by atoms with van der Waals surface area (Å²) in [5.74, 6) is 0. The molecule has 0 fully saturated rings. The molecule has 0 radical (unpaired) electrons. The topological polar surface area (TPSA) is 90.2 Å². The highest BCUT2D eigenvalue weighted by molar-refractivity contribution is 4.96. The molecular formula is C12H24O5. The lowest BCUT2D eigenvalue weighted by Gasteiger charge is -2.23. The van der Waals surface area contributed by atoms with Crippen LogP contribution in [-0.2, 0) is 4.74 Å². The minimum absolute atomic E-state index is 0.00561. The average molecular weight is 248 g/mol. The van der Waals surface area contributed by atoms with Crippen molar-refractivity contribution in [3.05, 3.63) is 12.2 Å². The van der Waals surface area contributed by atoms with E-state index in [-0.39, 0.29) is 32.5 Å². The minimum atomic E-state index is -0.418. The molecule has 0 unspecified atom stereocenters. The zero-order chi connectivity index (χ0) is 13.1. The van der Waals surface area contributed by atoms with Gasteiger partial charge in [0.15, 0.2) is 0 Å². The molecule has 5 heteroatoms. The molecule has 17 heavy (non-hydrogen) atoms. The third-order valence-corrected chi connectivity index (χ3v) is 2.47. The van der Waals surface area contributed by atoms with Gasteiger partial charge in [0, 0.05) is 19.8 Å². The van der Waals surface area contributed by atoms with Gasteiger partial charge in [0.1, 0.15) is 0 Å². The number of hydrogen-bond donors (Lipinski definition) is 4. The number of ether oxygens (including phenoxy) is 1. The Kier molecular flexibility index (Phi) is 10.4. The van der Waals surface area contributed by atoms with Crippen LogP contribution >= 0.6 is 0 Å². The van der Waals surface area contributed by atoms with Gasteiger partial charge in [-0.05, 0) is 25.7 Å². The second kappa shape index (κ2) is 10.7. The first-order chi connectivity index (χ1) is 8.17. The number of rotatable bonds is 11. The molecule has 0 aliphatic rings. The van der Waals surface area contributed by atoms with Crippen LogP contribution in [-0.4, -0.2) is 59.1 Å². The molecule has 0 saturated heterocycles. The Morgan fingerprint density at radius 3 is 2.00 bits per heavy atom. The lowest BCUT2D eigenvalue weighted by atomic mass is 10.0.